The molecule has 2 atom stereocenters. The number of ether oxygens (including phenoxy) is 3. The molecule has 0 radical (unpaired) electrons. The van der Waals surface area contributed by atoms with E-state index < -0.39 is 65.1 Å². The second kappa shape index (κ2) is 38.0. The molecule has 32 heteroatoms. The van der Waals surface area contributed by atoms with E-state index in [2.05, 4.69) is 106 Å². The fourth-order valence-corrected chi connectivity index (χ4v) is 7.76. The summed E-state index contributed by atoms with van der Waals surface area (Å²) < 4.78 is 93.0. The molecule has 2 aliphatic heterocycles. The first-order valence-electron chi connectivity index (χ1n) is 23.7. The van der Waals surface area contributed by atoms with Gasteiger partial charge in [-0.15, -0.1) is 0 Å². The van der Waals surface area contributed by atoms with Gasteiger partial charge >= 0.3 is 115 Å². The van der Waals surface area contributed by atoms with Crippen molar-refractivity contribution in [2.45, 2.75) is 66.1 Å². The van der Waals surface area contributed by atoms with Crippen LogP contribution in [0.1, 0.15) is 87.4 Å². The van der Waals surface area contributed by atoms with Crippen LogP contribution in [0.5, 0.6) is 17.2 Å². The third kappa shape index (κ3) is 25.1. The molecule has 0 spiro atoms. The minimum absolute atomic E-state index is 0. The molecule has 18 nitrogen and oxygen atoms in total. The molecule has 0 saturated carbocycles. The van der Waals surface area contributed by atoms with Crippen molar-refractivity contribution < 1.29 is 75.5 Å². The number of halogens is 14. The average Bonchev–Trinajstić information content (AvgIpc) is 3.63. The minimum atomic E-state index is -4.59. The molecule has 3 aromatic carbocycles. The number of carbonyl (C=O) groups excluding carboxylic acids is 2. The predicted octanol–water partition coefficient (Wildman–Crippen LogP) is 16.8. The molecule has 7 N–H and O–H groups in total. The van der Waals surface area contributed by atoms with E-state index in [-0.39, 0.29) is 85.6 Å². The second-order valence-corrected chi connectivity index (χ2v) is 115. The van der Waals surface area contributed by atoms with Crippen LogP contribution in [0.15, 0.2) is 97.3 Å². The van der Waals surface area contributed by atoms with Crippen molar-refractivity contribution in [3.63, 3.8) is 0 Å². The zero-order valence-corrected chi connectivity index (χ0v) is 57.1. The smallest absolute Gasteiger partial charge is 0.104 e. The van der Waals surface area contributed by atoms with E-state index in [0.717, 1.165) is 78.8 Å². The molecule has 0 bridgehead atoms. The number of hydrogen-bond donors (Lipinski definition) is 7. The standard InChI is InChI=1S/C22H23ClF3N3O4.C16H13F3N2O5.C12H15ClN2O2.2CH4.I6/c1-2-33-19-10-15(3-4-16(19)22(24,25)26)28-21(32)29-7-5-13(6-8-29)20-17(23)9-14(11-27-20)18(31)12-30;1-2-25-14-9-10(3-8-13(14)16(17,18)19)20-15(22)26-12-6-4-11(5-7-12)21(23)24;13-10-5-9(11(17)7-16)6-15-12(10)8-1-3-14-4-2-8;;;1-5(2)6(3)4/h3-5,9-11,18,30-31H,2,6-8,12H2,1H3,(H,28,32);3-9H,2H2,1H3,(H,20,22);1,5-6,11,14,16-17H,2-4,7H2;2*1H4;/t18-;;11-;;;/m1.1.../s1. The van der Waals surface area contributed by atoms with Crippen molar-refractivity contribution >= 4 is 154 Å². The van der Waals surface area contributed by atoms with Gasteiger partial charge in [0.05, 0.1) is 63.9 Å². The summed E-state index contributed by atoms with van der Waals surface area (Å²) in [5, 5.41) is 56.5. The van der Waals surface area contributed by atoms with Crippen LogP contribution in [0.3, 0.4) is 0 Å². The number of amides is 3. The van der Waals surface area contributed by atoms with Crippen molar-refractivity contribution in [3.8, 4) is 17.2 Å². The zero-order valence-electron chi connectivity index (χ0n) is 42.7. The predicted molar refractivity (Wildman–Crippen MR) is 367 cm³/mol. The Bertz CT molecular complexity index is 3010. The number of benzene rings is 3. The van der Waals surface area contributed by atoms with Gasteiger partial charge < -0.3 is 50.2 Å². The first-order valence-corrected chi connectivity index (χ1v) is 55.9. The van der Waals surface area contributed by atoms with Crippen molar-refractivity contribution in [1.82, 2.24) is 20.2 Å². The molecule has 4 heterocycles. The van der Waals surface area contributed by atoms with Crippen LogP contribution < -0.4 is 30.2 Å². The normalized spacial score (nSPS) is 13.9. The van der Waals surface area contributed by atoms with Crippen LogP contribution in [0.2, 0.25) is 10.0 Å². The molecule has 0 fully saturated rings. The minimum Gasteiger partial charge on any atom is -0.393 e. The molecule has 5 aromatic rings. The van der Waals surface area contributed by atoms with Crippen LogP contribution in [-0.2, 0) is 12.4 Å². The molecular formula is C52H59Cl2F6I6N7O11. The van der Waals surface area contributed by atoms with Gasteiger partial charge in [0.1, 0.15) is 29.5 Å². The van der Waals surface area contributed by atoms with E-state index >= 15 is 0 Å². The number of aliphatic hydroxyl groups is 4. The van der Waals surface area contributed by atoms with Gasteiger partial charge in [-0.3, -0.25) is 25.4 Å². The zero-order chi connectivity index (χ0) is 60.9. The number of non-ortho nitro benzene ring substituents is 1. The summed E-state index contributed by atoms with van der Waals surface area (Å²) in [6, 6.07) is 13.5. The number of aliphatic hydroxyl groups excluding tert-OH is 4. The molecule has 2 aromatic heterocycles. The number of anilines is 2. The summed E-state index contributed by atoms with van der Waals surface area (Å²) in [6.45, 7) is 4.74. The van der Waals surface area contributed by atoms with Crippen LogP contribution >= 0.6 is 113 Å². The Hall–Kier alpha value is -2.68. The van der Waals surface area contributed by atoms with E-state index in [0.29, 0.717) is 39.8 Å². The van der Waals surface area contributed by atoms with Crippen LogP contribution in [-0.4, -0.2) is 105 Å². The van der Waals surface area contributed by atoms with Crippen molar-refractivity contribution in [2.24, 2.45) is 0 Å². The van der Waals surface area contributed by atoms with Crippen LogP contribution in [0, 0.1) is 10.1 Å². The first-order chi connectivity index (χ1) is 38.7. The Morgan fingerprint density at radius 1 is 0.750 bits per heavy atom. The van der Waals surface area contributed by atoms with Gasteiger partial charge in [-0.1, -0.05) is 50.2 Å². The Labute approximate surface area is 540 Å². The molecule has 2 aliphatic rings. The largest absolute Gasteiger partial charge is 0.393 e. The van der Waals surface area contributed by atoms with Crippen LogP contribution in [0.25, 0.3) is 11.1 Å². The molecule has 0 unspecified atom stereocenters. The summed E-state index contributed by atoms with van der Waals surface area (Å²) >= 11 is 22.9. The number of nitro benzene ring substituents is 1. The Morgan fingerprint density at radius 3 is 1.58 bits per heavy atom. The number of pyridine rings is 2. The maximum absolute atomic E-state index is 13.1. The SMILES string of the molecule is C.C.CCOc1cc(NC(=O)N2CC=C(c3ncc([C@H](O)CO)cc3Cl)CC2)ccc1C(F)(F)F.CCOc1cc(NC(=O)Oc2ccc([N+](=O)[O-])cc2)ccc1C(F)(F)F.II(I)I(I)I.OC[C@@H](O)c1cnc(C2=CCNCC2)c(Cl)c1. The summed E-state index contributed by atoms with van der Waals surface area (Å²) in [5.74, 6) is -0.739. The third-order valence-corrected chi connectivity index (χ3v) is 177. The Kier molecular flexibility index (Phi) is 35.0. The summed E-state index contributed by atoms with van der Waals surface area (Å²) in [6.07, 6.45) is -3.92. The fourth-order valence-electron chi connectivity index (χ4n) is 7.17. The summed E-state index contributed by atoms with van der Waals surface area (Å²) in [4.78, 5) is 44.4. The van der Waals surface area contributed by atoms with Gasteiger partial charge in [0, 0.05) is 78.8 Å². The Balaban J connectivity index is 0.000000421. The number of hydrogen-bond acceptors (Lipinski definition) is 14. The maximum atomic E-state index is 13.1. The number of nitro groups is 1. The van der Waals surface area contributed by atoms with Crippen molar-refractivity contribution in [3.05, 3.63) is 151 Å². The molecule has 7 rings (SSSR count). The topological polar surface area (TPSA) is 251 Å². The second-order valence-electron chi connectivity index (χ2n) is 16.5. The number of nitrogens with one attached hydrogen (secondary N) is 3. The van der Waals surface area contributed by atoms with Crippen LogP contribution in [0.4, 0.5) is 53.0 Å². The maximum Gasteiger partial charge on any atom is 0.104 e. The molecule has 3 amide bonds. The van der Waals surface area contributed by atoms with Gasteiger partial charge in [0.25, 0.3) is 5.69 Å². The van der Waals surface area contributed by atoms with E-state index in [1.54, 1.807) is 25.3 Å². The molecule has 0 aliphatic carbocycles. The molecular weight excluding hydrogens is 1840 g/mol. The molecule has 84 heavy (non-hydrogen) atoms. The van der Waals surface area contributed by atoms with Gasteiger partial charge in [0.2, 0.25) is 0 Å². The number of alkyl halides is 6. The van der Waals surface area contributed by atoms with E-state index in [9.17, 15) is 56.3 Å². The monoisotopic (exact) mass is 1900 g/mol. The Morgan fingerprint density at radius 2 is 1.21 bits per heavy atom. The molecule has 0 saturated heterocycles. The number of rotatable bonds is 15. The fraction of sp³-hybridized carbons (Fsp3) is 0.346. The van der Waals surface area contributed by atoms with E-state index in [1.807, 2.05) is 0 Å². The van der Waals surface area contributed by atoms with Gasteiger partial charge in [-0.25, -0.2) is 9.59 Å². The number of carbonyl (C=O) groups is 2. The molecule has 466 valence electrons. The summed E-state index contributed by atoms with van der Waals surface area (Å²) in [5.41, 5.74) is 2.34. The average molecular weight is 1900 g/mol. The van der Waals surface area contributed by atoms with Crippen molar-refractivity contribution in [1.29, 1.82) is 0 Å². The summed E-state index contributed by atoms with van der Waals surface area (Å²) in [7, 11) is -0.628. The van der Waals surface area contributed by atoms with Gasteiger partial charge in [-0.2, -0.15) is 26.3 Å². The van der Waals surface area contributed by atoms with E-state index in [1.165, 1.54) is 42.3 Å². The van der Waals surface area contributed by atoms with Crippen molar-refractivity contribution in [2.75, 3.05) is 63.2 Å². The van der Waals surface area contributed by atoms with Gasteiger partial charge in [0.15, 0.2) is 0 Å². The van der Waals surface area contributed by atoms with E-state index in [4.69, 9.17) is 47.6 Å². The number of urea groups is 1. The first kappa shape index (κ1) is 77.4. The quantitative estimate of drug-likeness (QED) is 0.0223. The number of nitrogens with zero attached hydrogens (tertiary/aromatic N) is 4. The van der Waals surface area contributed by atoms with Gasteiger partial charge in [-0.05, 0) is 92.9 Å². The number of aromatic nitrogens is 2. The third-order valence-electron chi connectivity index (χ3n) is 11.0.